The number of ether oxygens (including phenoxy) is 2. The van der Waals surface area contributed by atoms with Crippen LogP contribution in [0.2, 0.25) is 0 Å². The summed E-state index contributed by atoms with van der Waals surface area (Å²) in [6.45, 7) is 6.89. The Labute approximate surface area is 203 Å². The van der Waals surface area contributed by atoms with Gasteiger partial charge in [-0.05, 0) is 56.1 Å². The molecule has 170 valence electrons. The zero-order chi connectivity index (χ0) is 21.2. The average molecular weight is 538 g/mol. The Morgan fingerprint density at radius 1 is 1.00 bits per heavy atom. The summed E-state index contributed by atoms with van der Waals surface area (Å²) in [7, 11) is 3.43. The first-order chi connectivity index (χ1) is 14.7. The SMILES string of the molecule is CN=C(NCc1ccc(CN2CCCC2)cc1)NCC(C)Oc1ccccc1OC.I. The van der Waals surface area contributed by atoms with E-state index in [0.29, 0.717) is 6.54 Å². The summed E-state index contributed by atoms with van der Waals surface area (Å²) in [6, 6.07) is 16.5. The van der Waals surface area contributed by atoms with Gasteiger partial charge in [-0.2, -0.15) is 0 Å². The highest BCUT2D eigenvalue weighted by atomic mass is 127. The van der Waals surface area contributed by atoms with Crippen LogP contribution in [0.15, 0.2) is 53.5 Å². The minimum Gasteiger partial charge on any atom is -0.493 e. The lowest BCUT2D eigenvalue weighted by Gasteiger charge is -2.19. The van der Waals surface area contributed by atoms with Crippen molar-refractivity contribution in [3.63, 3.8) is 0 Å². The van der Waals surface area contributed by atoms with Crippen molar-refractivity contribution in [2.24, 2.45) is 4.99 Å². The normalized spacial score (nSPS) is 15.1. The number of methoxy groups -OCH3 is 1. The maximum atomic E-state index is 5.99. The topological polar surface area (TPSA) is 58.1 Å². The zero-order valence-corrected chi connectivity index (χ0v) is 21.1. The van der Waals surface area contributed by atoms with Crippen LogP contribution in [0, 0.1) is 0 Å². The van der Waals surface area contributed by atoms with Crippen molar-refractivity contribution in [1.29, 1.82) is 0 Å². The molecule has 0 bridgehead atoms. The molecule has 1 saturated heterocycles. The predicted molar refractivity (Wildman–Crippen MR) is 138 cm³/mol. The second-order valence-electron chi connectivity index (χ2n) is 7.69. The molecule has 2 N–H and O–H groups in total. The summed E-state index contributed by atoms with van der Waals surface area (Å²) in [5.74, 6) is 2.23. The molecule has 6 nitrogen and oxygen atoms in total. The highest BCUT2D eigenvalue weighted by Gasteiger charge is 2.12. The number of guanidine groups is 1. The van der Waals surface area contributed by atoms with Gasteiger partial charge in [0.2, 0.25) is 0 Å². The third-order valence-corrected chi connectivity index (χ3v) is 5.27. The predicted octanol–water partition coefficient (Wildman–Crippen LogP) is 4.04. The lowest BCUT2D eigenvalue weighted by atomic mass is 10.1. The number of benzene rings is 2. The zero-order valence-electron chi connectivity index (χ0n) is 18.8. The molecule has 2 aromatic rings. The van der Waals surface area contributed by atoms with Crippen LogP contribution >= 0.6 is 24.0 Å². The lowest BCUT2D eigenvalue weighted by Crippen LogP contribution is -2.41. The summed E-state index contributed by atoms with van der Waals surface area (Å²) >= 11 is 0. The number of halogens is 1. The van der Waals surface area contributed by atoms with E-state index in [1.807, 2.05) is 31.2 Å². The van der Waals surface area contributed by atoms with Crippen LogP contribution in [0.3, 0.4) is 0 Å². The van der Waals surface area contributed by atoms with Crippen molar-refractivity contribution >= 4 is 29.9 Å². The lowest BCUT2D eigenvalue weighted by molar-refractivity contribution is 0.213. The number of aliphatic imine (C=N–C) groups is 1. The van der Waals surface area contributed by atoms with Gasteiger partial charge >= 0.3 is 0 Å². The fourth-order valence-corrected chi connectivity index (χ4v) is 3.58. The molecular formula is C24H35IN4O2. The Kier molecular flexibility index (Phi) is 10.9. The number of rotatable bonds is 9. The first-order valence-electron chi connectivity index (χ1n) is 10.7. The van der Waals surface area contributed by atoms with Gasteiger partial charge in [0.05, 0.1) is 13.7 Å². The van der Waals surface area contributed by atoms with Gasteiger partial charge in [0.1, 0.15) is 6.10 Å². The van der Waals surface area contributed by atoms with Gasteiger partial charge in [-0.3, -0.25) is 9.89 Å². The van der Waals surface area contributed by atoms with Crippen molar-refractivity contribution < 1.29 is 9.47 Å². The van der Waals surface area contributed by atoms with Crippen LogP contribution in [-0.2, 0) is 13.1 Å². The van der Waals surface area contributed by atoms with E-state index < -0.39 is 0 Å². The van der Waals surface area contributed by atoms with Crippen LogP contribution in [-0.4, -0.2) is 50.8 Å². The molecule has 1 unspecified atom stereocenters. The minimum absolute atomic E-state index is 0. The van der Waals surface area contributed by atoms with E-state index in [1.54, 1.807) is 14.2 Å². The Hall–Kier alpha value is -2.00. The number of hydrogen-bond donors (Lipinski definition) is 2. The van der Waals surface area contributed by atoms with Crippen LogP contribution in [0.1, 0.15) is 30.9 Å². The van der Waals surface area contributed by atoms with Crippen molar-refractivity contribution in [3.8, 4) is 11.5 Å². The third-order valence-electron chi connectivity index (χ3n) is 5.27. The quantitative estimate of drug-likeness (QED) is 0.287. The second-order valence-corrected chi connectivity index (χ2v) is 7.69. The fourth-order valence-electron chi connectivity index (χ4n) is 3.58. The maximum Gasteiger partial charge on any atom is 0.191 e. The van der Waals surface area contributed by atoms with E-state index in [9.17, 15) is 0 Å². The summed E-state index contributed by atoms with van der Waals surface area (Å²) in [4.78, 5) is 6.83. The standard InChI is InChI=1S/C24H34N4O2.HI/c1-19(30-23-9-5-4-8-22(23)29-3)16-26-24(25-2)27-17-20-10-12-21(13-11-20)18-28-14-6-7-15-28;/h4-5,8-13,19H,6-7,14-18H2,1-3H3,(H2,25,26,27);1H. The number of nitrogens with zero attached hydrogens (tertiary/aromatic N) is 2. The van der Waals surface area contributed by atoms with Gasteiger partial charge < -0.3 is 20.1 Å². The van der Waals surface area contributed by atoms with E-state index in [2.05, 4.69) is 44.8 Å². The molecule has 1 aliphatic heterocycles. The van der Waals surface area contributed by atoms with Gasteiger partial charge in [0.15, 0.2) is 17.5 Å². The molecule has 31 heavy (non-hydrogen) atoms. The second kappa shape index (κ2) is 13.4. The van der Waals surface area contributed by atoms with E-state index >= 15 is 0 Å². The molecule has 1 aliphatic rings. The van der Waals surface area contributed by atoms with Gasteiger partial charge in [0, 0.05) is 20.1 Å². The van der Waals surface area contributed by atoms with Gasteiger partial charge in [-0.25, -0.2) is 0 Å². The molecule has 0 radical (unpaired) electrons. The van der Waals surface area contributed by atoms with E-state index in [-0.39, 0.29) is 30.1 Å². The van der Waals surface area contributed by atoms with Crippen molar-refractivity contribution in [1.82, 2.24) is 15.5 Å². The van der Waals surface area contributed by atoms with E-state index in [1.165, 1.54) is 37.1 Å². The fraction of sp³-hybridized carbons (Fsp3) is 0.458. The van der Waals surface area contributed by atoms with Crippen LogP contribution in [0.4, 0.5) is 0 Å². The molecule has 7 heteroatoms. The van der Waals surface area contributed by atoms with E-state index in [4.69, 9.17) is 9.47 Å². The summed E-state index contributed by atoms with van der Waals surface area (Å²) < 4.78 is 11.3. The summed E-state index contributed by atoms with van der Waals surface area (Å²) in [5, 5.41) is 6.69. The first kappa shape index (κ1) is 25.3. The van der Waals surface area contributed by atoms with Crippen LogP contribution < -0.4 is 20.1 Å². The van der Waals surface area contributed by atoms with Crippen molar-refractivity contribution in [2.45, 2.75) is 39.0 Å². The molecule has 0 amide bonds. The highest BCUT2D eigenvalue weighted by Crippen LogP contribution is 2.26. The molecule has 0 spiro atoms. The average Bonchev–Trinajstić information content (AvgIpc) is 3.28. The van der Waals surface area contributed by atoms with Gasteiger partial charge in [-0.1, -0.05) is 36.4 Å². The number of likely N-dealkylation sites (tertiary alicyclic amines) is 1. The number of nitrogens with one attached hydrogen (secondary N) is 2. The Bertz CT molecular complexity index is 807. The van der Waals surface area contributed by atoms with Crippen LogP contribution in [0.25, 0.3) is 0 Å². The number of hydrogen-bond acceptors (Lipinski definition) is 4. The molecule has 2 aromatic carbocycles. The molecule has 1 atom stereocenters. The first-order valence-corrected chi connectivity index (χ1v) is 10.7. The minimum atomic E-state index is -0.0373. The third kappa shape index (κ3) is 8.22. The monoisotopic (exact) mass is 538 g/mol. The summed E-state index contributed by atoms with van der Waals surface area (Å²) in [5.41, 5.74) is 2.62. The van der Waals surface area contributed by atoms with Gasteiger partial charge in [-0.15, -0.1) is 24.0 Å². The van der Waals surface area contributed by atoms with Crippen molar-refractivity contribution in [3.05, 3.63) is 59.7 Å². The molecule has 1 fully saturated rings. The Balaban J connectivity index is 0.00000341. The molecule has 0 saturated carbocycles. The van der Waals surface area contributed by atoms with Gasteiger partial charge in [0.25, 0.3) is 0 Å². The Morgan fingerprint density at radius 2 is 1.65 bits per heavy atom. The maximum absolute atomic E-state index is 5.99. The van der Waals surface area contributed by atoms with Crippen LogP contribution in [0.5, 0.6) is 11.5 Å². The number of para-hydroxylation sites is 2. The highest BCUT2D eigenvalue weighted by molar-refractivity contribution is 14.0. The molecular weight excluding hydrogens is 503 g/mol. The molecule has 0 aliphatic carbocycles. The summed E-state index contributed by atoms with van der Waals surface area (Å²) in [6.07, 6.45) is 2.62. The molecule has 3 rings (SSSR count). The van der Waals surface area contributed by atoms with Crippen molar-refractivity contribution in [2.75, 3.05) is 33.8 Å². The molecule has 0 aromatic heterocycles. The molecule has 1 heterocycles. The van der Waals surface area contributed by atoms with E-state index in [0.717, 1.165) is 30.5 Å². The smallest absolute Gasteiger partial charge is 0.191 e. The largest absolute Gasteiger partial charge is 0.493 e. The Morgan fingerprint density at radius 3 is 2.29 bits per heavy atom.